The second kappa shape index (κ2) is 7.19. The summed E-state index contributed by atoms with van der Waals surface area (Å²) in [6.45, 7) is 3.50. The van der Waals surface area contributed by atoms with Gasteiger partial charge in [0.2, 0.25) is 0 Å². The molecule has 7 nitrogen and oxygen atoms in total. The lowest BCUT2D eigenvalue weighted by atomic mass is 10.0. The van der Waals surface area contributed by atoms with E-state index in [1.54, 1.807) is 13.0 Å². The molecule has 0 fully saturated rings. The molecule has 1 heterocycles. The van der Waals surface area contributed by atoms with Crippen molar-refractivity contribution in [1.82, 2.24) is 5.32 Å². The number of benzene rings is 1. The van der Waals surface area contributed by atoms with E-state index in [0.29, 0.717) is 23.3 Å². The molecule has 1 aromatic heterocycles. The Morgan fingerprint density at radius 3 is 2.77 bits per heavy atom. The van der Waals surface area contributed by atoms with Crippen LogP contribution in [0.25, 0.3) is 11.0 Å². The van der Waals surface area contributed by atoms with Crippen LogP contribution in [-0.4, -0.2) is 29.6 Å². The minimum atomic E-state index is -0.978. The molecule has 7 heteroatoms. The third kappa shape index (κ3) is 3.56. The van der Waals surface area contributed by atoms with Crippen molar-refractivity contribution in [3.8, 4) is 5.75 Å². The van der Waals surface area contributed by atoms with Gasteiger partial charge in [0.05, 0.1) is 11.8 Å². The summed E-state index contributed by atoms with van der Waals surface area (Å²) >= 11 is 0. The van der Waals surface area contributed by atoms with Gasteiger partial charge in [-0.25, -0.2) is 4.79 Å². The molecule has 1 unspecified atom stereocenters. The molecule has 2 aromatic rings. The van der Waals surface area contributed by atoms with Gasteiger partial charge in [0.15, 0.2) is 6.10 Å². The van der Waals surface area contributed by atoms with Crippen LogP contribution in [0.4, 0.5) is 0 Å². The zero-order chi connectivity index (χ0) is 18.8. The van der Waals surface area contributed by atoms with Gasteiger partial charge in [-0.05, 0) is 56.4 Å². The van der Waals surface area contributed by atoms with Crippen LogP contribution in [0.5, 0.6) is 5.75 Å². The molecule has 0 radical (unpaired) electrons. The predicted octanol–water partition coefficient (Wildman–Crippen LogP) is 1.95. The number of carbonyl (C=O) groups excluding carboxylic acids is 1. The first kappa shape index (κ1) is 18.0. The van der Waals surface area contributed by atoms with Crippen LogP contribution < -0.4 is 15.7 Å². The summed E-state index contributed by atoms with van der Waals surface area (Å²) in [6.07, 6.45) is 1.39. The van der Waals surface area contributed by atoms with Crippen molar-refractivity contribution >= 4 is 22.8 Å². The molecule has 1 atom stereocenters. The summed E-state index contributed by atoms with van der Waals surface area (Å²) in [4.78, 5) is 34.8. The van der Waals surface area contributed by atoms with E-state index in [0.717, 1.165) is 29.4 Å². The fraction of sp³-hybridized carbons (Fsp3) is 0.421. The summed E-state index contributed by atoms with van der Waals surface area (Å²) in [6, 6.07) is 3.61. The SMILES string of the molecule is Cc1cc(OC(C)C(=O)NCCC(=O)O)c2c3c(c(=O)oc2c1)CCC3. The summed E-state index contributed by atoms with van der Waals surface area (Å²) in [5, 5.41) is 11.9. The van der Waals surface area contributed by atoms with Crippen molar-refractivity contribution < 1.29 is 23.8 Å². The maximum atomic E-state index is 12.1. The second-order valence-corrected chi connectivity index (χ2v) is 6.53. The summed E-state index contributed by atoms with van der Waals surface area (Å²) in [5.41, 5.74) is 2.63. The Hall–Kier alpha value is -2.83. The molecule has 138 valence electrons. The number of ether oxygens (including phenoxy) is 1. The molecule has 0 bridgehead atoms. The van der Waals surface area contributed by atoms with Crippen LogP contribution in [0.1, 0.15) is 36.5 Å². The zero-order valence-corrected chi connectivity index (χ0v) is 14.8. The Balaban J connectivity index is 1.90. The van der Waals surface area contributed by atoms with Gasteiger partial charge in [0.1, 0.15) is 11.3 Å². The maximum Gasteiger partial charge on any atom is 0.339 e. The van der Waals surface area contributed by atoms with Crippen molar-refractivity contribution in [2.24, 2.45) is 0 Å². The fourth-order valence-electron chi connectivity index (χ4n) is 3.28. The van der Waals surface area contributed by atoms with E-state index in [-0.39, 0.29) is 18.6 Å². The van der Waals surface area contributed by atoms with Crippen molar-refractivity contribution in [2.45, 2.75) is 45.6 Å². The van der Waals surface area contributed by atoms with E-state index in [1.807, 2.05) is 13.0 Å². The lowest BCUT2D eigenvalue weighted by Crippen LogP contribution is -2.37. The third-order valence-corrected chi connectivity index (χ3v) is 4.49. The fourth-order valence-corrected chi connectivity index (χ4v) is 3.28. The molecule has 1 aliphatic carbocycles. The van der Waals surface area contributed by atoms with Crippen LogP contribution in [0.3, 0.4) is 0 Å². The number of nitrogens with one attached hydrogen (secondary N) is 1. The minimum absolute atomic E-state index is 0.0424. The monoisotopic (exact) mass is 359 g/mol. The van der Waals surface area contributed by atoms with Gasteiger partial charge >= 0.3 is 11.6 Å². The molecule has 0 spiro atoms. The number of hydrogen-bond acceptors (Lipinski definition) is 5. The Morgan fingerprint density at radius 2 is 2.04 bits per heavy atom. The highest BCUT2D eigenvalue weighted by Gasteiger charge is 2.24. The van der Waals surface area contributed by atoms with Gasteiger partial charge in [-0.1, -0.05) is 0 Å². The van der Waals surface area contributed by atoms with Crippen molar-refractivity contribution in [1.29, 1.82) is 0 Å². The molecule has 3 rings (SSSR count). The molecular formula is C19H21NO6. The van der Waals surface area contributed by atoms with Crippen LogP contribution >= 0.6 is 0 Å². The molecule has 2 N–H and O–H groups in total. The van der Waals surface area contributed by atoms with Gasteiger partial charge in [-0.15, -0.1) is 0 Å². The Labute approximate surface area is 150 Å². The number of rotatable bonds is 6. The third-order valence-electron chi connectivity index (χ3n) is 4.49. The number of aliphatic carboxylic acids is 1. The Kier molecular flexibility index (Phi) is 4.97. The lowest BCUT2D eigenvalue weighted by Gasteiger charge is -2.17. The Bertz CT molecular complexity index is 930. The number of aryl methyl sites for hydroxylation is 2. The number of carbonyl (C=O) groups is 2. The zero-order valence-electron chi connectivity index (χ0n) is 14.8. The number of carboxylic acid groups (broad SMARTS) is 1. The van der Waals surface area contributed by atoms with E-state index in [1.165, 1.54) is 0 Å². The lowest BCUT2D eigenvalue weighted by molar-refractivity contribution is -0.137. The molecule has 1 aromatic carbocycles. The van der Waals surface area contributed by atoms with E-state index >= 15 is 0 Å². The molecule has 0 aliphatic heterocycles. The first-order valence-corrected chi connectivity index (χ1v) is 8.62. The van der Waals surface area contributed by atoms with E-state index in [4.69, 9.17) is 14.3 Å². The first-order valence-electron chi connectivity index (χ1n) is 8.62. The average molecular weight is 359 g/mol. The van der Waals surface area contributed by atoms with Crippen molar-refractivity contribution in [3.63, 3.8) is 0 Å². The van der Waals surface area contributed by atoms with E-state index in [2.05, 4.69) is 5.32 Å². The van der Waals surface area contributed by atoms with E-state index in [9.17, 15) is 14.4 Å². The standard InChI is InChI=1S/C19H21NO6/c1-10-8-14(25-11(2)18(23)20-7-6-16(21)22)17-12-4-3-5-13(12)19(24)26-15(17)9-10/h8-9,11H,3-7H2,1-2H3,(H,20,23)(H,21,22). The number of fused-ring (bicyclic) bond motifs is 3. The predicted molar refractivity (Wildman–Crippen MR) is 94.6 cm³/mol. The maximum absolute atomic E-state index is 12.1. The second-order valence-electron chi connectivity index (χ2n) is 6.53. The highest BCUT2D eigenvalue weighted by molar-refractivity contribution is 5.89. The average Bonchev–Trinajstić information content (AvgIpc) is 3.03. The summed E-state index contributed by atoms with van der Waals surface area (Å²) < 4.78 is 11.3. The van der Waals surface area contributed by atoms with Crippen molar-refractivity contribution in [3.05, 3.63) is 39.2 Å². The highest BCUT2D eigenvalue weighted by Crippen LogP contribution is 2.35. The van der Waals surface area contributed by atoms with Gasteiger partial charge in [0.25, 0.3) is 5.91 Å². The van der Waals surface area contributed by atoms with Crippen LogP contribution in [0.15, 0.2) is 21.3 Å². The first-order chi connectivity index (χ1) is 12.4. The van der Waals surface area contributed by atoms with Gasteiger partial charge in [-0.2, -0.15) is 0 Å². The van der Waals surface area contributed by atoms with Crippen LogP contribution in [-0.2, 0) is 22.4 Å². The number of amides is 1. The Morgan fingerprint density at radius 1 is 1.31 bits per heavy atom. The minimum Gasteiger partial charge on any atom is -0.481 e. The molecular weight excluding hydrogens is 338 g/mol. The quantitative estimate of drug-likeness (QED) is 0.764. The molecule has 1 aliphatic rings. The summed E-state index contributed by atoms with van der Waals surface area (Å²) in [5.74, 6) is -0.869. The molecule has 0 saturated heterocycles. The molecule has 1 amide bonds. The summed E-state index contributed by atoms with van der Waals surface area (Å²) in [7, 11) is 0. The van der Waals surface area contributed by atoms with Crippen molar-refractivity contribution in [2.75, 3.05) is 6.54 Å². The number of carboxylic acids is 1. The molecule has 26 heavy (non-hydrogen) atoms. The van der Waals surface area contributed by atoms with Crippen LogP contribution in [0, 0.1) is 6.92 Å². The highest BCUT2D eigenvalue weighted by atomic mass is 16.5. The van der Waals surface area contributed by atoms with Crippen LogP contribution in [0.2, 0.25) is 0 Å². The van der Waals surface area contributed by atoms with E-state index < -0.39 is 18.0 Å². The van der Waals surface area contributed by atoms with Gasteiger partial charge in [0, 0.05) is 12.1 Å². The van der Waals surface area contributed by atoms with Gasteiger partial charge in [-0.3, -0.25) is 9.59 Å². The normalized spacial score (nSPS) is 14.1. The smallest absolute Gasteiger partial charge is 0.339 e. The number of hydrogen-bond donors (Lipinski definition) is 2. The molecule has 0 saturated carbocycles. The van der Waals surface area contributed by atoms with Gasteiger partial charge < -0.3 is 19.6 Å². The largest absolute Gasteiger partial charge is 0.481 e. The topological polar surface area (TPSA) is 106 Å².